The van der Waals surface area contributed by atoms with Gasteiger partial charge in [-0.15, -0.1) is 0 Å². The van der Waals surface area contributed by atoms with E-state index in [0.29, 0.717) is 24.5 Å². The molecule has 1 N–H and O–H groups in total. The van der Waals surface area contributed by atoms with Crippen molar-refractivity contribution in [3.05, 3.63) is 65.5 Å². The Morgan fingerprint density at radius 3 is 2.58 bits per heavy atom. The molecule has 4 rings (SSSR count). The standard InChI is InChI=1S/C21H24FNO/c22-17-8-11-19-20(13-23-21(19)12-17)16-6-9-18(10-7-16)24-14-15-4-2-1-3-5-15/h1-5,8,11-12,16,18,20,23H,6-7,9-10,13-14H2/t16?,18?,20-/m0/s1. The summed E-state index contributed by atoms with van der Waals surface area (Å²) in [7, 11) is 0. The molecule has 1 aliphatic carbocycles. The molecule has 2 nitrogen and oxygen atoms in total. The number of nitrogens with one attached hydrogen (secondary N) is 1. The van der Waals surface area contributed by atoms with E-state index in [1.807, 2.05) is 12.1 Å². The topological polar surface area (TPSA) is 21.3 Å². The third kappa shape index (κ3) is 3.32. The van der Waals surface area contributed by atoms with Crippen LogP contribution in [0.3, 0.4) is 0 Å². The first-order chi connectivity index (χ1) is 11.8. The van der Waals surface area contributed by atoms with Gasteiger partial charge in [0.05, 0.1) is 12.7 Å². The normalized spacial score (nSPS) is 26.0. The molecule has 0 bridgehead atoms. The molecule has 1 saturated carbocycles. The summed E-state index contributed by atoms with van der Waals surface area (Å²) in [6, 6.07) is 15.6. The molecule has 2 aromatic rings. The molecule has 0 aromatic heterocycles. The Balaban J connectivity index is 1.31. The average Bonchev–Trinajstić information content (AvgIpc) is 3.04. The molecule has 1 atom stereocenters. The van der Waals surface area contributed by atoms with Gasteiger partial charge in [-0.25, -0.2) is 4.39 Å². The molecule has 2 aliphatic rings. The van der Waals surface area contributed by atoms with Gasteiger partial charge in [-0.3, -0.25) is 0 Å². The average molecular weight is 325 g/mol. The summed E-state index contributed by atoms with van der Waals surface area (Å²) in [4.78, 5) is 0. The van der Waals surface area contributed by atoms with Crippen LogP contribution in [0, 0.1) is 11.7 Å². The monoisotopic (exact) mass is 325 g/mol. The van der Waals surface area contributed by atoms with Crippen LogP contribution in [-0.4, -0.2) is 12.6 Å². The molecule has 0 amide bonds. The lowest BCUT2D eigenvalue weighted by molar-refractivity contribution is 0.00502. The molecule has 1 aliphatic heterocycles. The Labute approximate surface area is 143 Å². The van der Waals surface area contributed by atoms with E-state index in [9.17, 15) is 4.39 Å². The van der Waals surface area contributed by atoms with E-state index in [2.05, 4.69) is 29.6 Å². The Kier molecular flexibility index (Phi) is 4.52. The van der Waals surface area contributed by atoms with Gasteiger partial charge in [-0.2, -0.15) is 0 Å². The maximum atomic E-state index is 13.4. The number of anilines is 1. The van der Waals surface area contributed by atoms with Crippen LogP contribution in [0.5, 0.6) is 0 Å². The van der Waals surface area contributed by atoms with Gasteiger partial charge in [0.1, 0.15) is 5.82 Å². The lowest BCUT2D eigenvalue weighted by Crippen LogP contribution is -2.26. The fourth-order valence-electron chi connectivity index (χ4n) is 4.20. The van der Waals surface area contributed by atoms with Crippen LogP contribution >= 0.6 is 0 Å². The number of ether oxygens (including phenoxy) is 1. The number of hydrogen-bond donors (Lipinski definition) is 1. The van der Waals surface area contributed by atoms with E-state index in [1.54, 1.807) is 12.1 Å². The Morgan fingerprint density at radius 1 is 1.00 bits per heavy atom. The molecular formula is C21H24FNO. The van der Waals surface area contributed by atoms with Gasteiger partial charge in [0, 0.05) is 18.2 Å². The number of hydrogen-bond acceptors (Lipinski definition) is 2. The minimum absolute atomic E-state index is 0.153. The maximum absolute atomic E-state index is 13.4. The highest BCUT2D eigenvalue weighted by atomic mass is 19.1. The summed E-state index contributed by atoms with van der Waals surface area (Å²) in [5, 5.41) is 3.37. The number of rotatable bonds is 4. The van der Waals surface area contributed by atoms with Crippen molar-refractivity contribution in [1.82, 2.24) is 0 Å². The third-order valence-corrected chi connectivity index (χ3v) is 5.54. The first kappa shape index (κ1) is 15.6. The molecule has 0 radical (unpaired) electrons. The first-order valence-electron chi connectivity index (χ1n) is 8.98. The van der Waals surface area contributed by atoms with Crippen molar-refractivity contribution in [2.45, 2.75) is 44.3 Å². The second-order valence-electron chi connectivity index (χ2n) is 7.05. The van der Waals surface area contributed by atoms with Crippen LogP contribution < -0.4 is 5.32 Å². The summed E-state index contributed by atoms with van der Waals surface area (Å²) >= 11 is 0. The van der Waals surface area contributed by atoms with E-state index in [4.69, 9.17) is 4.74 Å². The van der Waals surface area contributed by atoms with Gasteiger partial charge in [-0.05, 0) is 54.9 Å². The highest BCUT2D eigenvalue weighted by molar-refractivity contribution is 5.58. The number of fused-ring (bicyclic) bond motifs is 1. The highest BCUT2D eigenvalue weighted by Crippen LogP contribution is 2.43. The molecule has 126 valence electrons. The van der Waals surface area contributed by atoms with Gasteiger partial charge < -0.3 is 10.1 Å². The van der Waals surface area contributed by atoms with Crippen molar-refractivity contribution in [2.24, 2.45) is 5.92 Å². The predicted molar refractivity (Wildman–Crippen MR) is 94.6 cm³/mol. The van der Waals surface area contributed by atoms with Gasteiger partial charge in [0.15, 0.2) is 0 Å². The van der Waals surface area contributed by atoms with E-state index >= 15 is 0 Å². The van der Waals surface area contributed by atoms with Crippen molar-refractivity contribution < 1.29 is 9.13 Å². The largest absolute Gasteiger partial charge is 0.384 e. The maximum Gasteiger partial charge on any atom is 0.125 e. The number of halogens is 1. The molecule has 0 spiro atoms. The van der Waals surface area contributed by atoms with Crippen molar-refractivity contribution in [3.63, 3.8) is 0 Å². The minimum atomic E-state index is -0.153. The van der Waals surface area contributed by atoms with E-state index in [0.717, 1.165) is 25.1 Å². The fraction of sp³-hybridized carbons (Fsp3) is 0.429. The molecule has 0 unspecified atom stereocenters. The van der Waals surface area contributed by atoms with Crippen LogP contribution in [0.1, 0.15) is 42.7 Å². The quantitative estimate of drug-likeness (QED) is 0.843. The van der Waals surface area contributed by atoms with Crippen LogP contribution in [0.2, 0.25) is 0 Å². The van der Waals surface area contributed by atoms with E-state index < -0.39 is 0 Å². The fourth-order valence-corrected chi connectivity index (χ4v) is 4.20. The molecule has 1 heterocycles. The second kappa shape index (κ2) is 6.94. The summed E-state index contributed by atoms with van der Waals surface area (Å²) in [6.07, 6.45) is 5.03. The number of benzene rings is 2. The zero-order valence-corrected chi connectivity index (χ0v) is 13.9. The Bertz CT molecular complexity index is 679. The Morgan fingerprint density at radius 2 is 1.79 bits per heavy atom. The molecule has 2 aromatic carbocycles. The van der Waals surface area contributed by atoms with Gasteiger partial charge >= 0.3 is 0 Å². The van der Waals surface area contributed by atoms with Crippen molar-refractivity contribution in [3.8, 4) is 0 Å². The van der Waals surface area contributed by atoms with Crippen LogP contribution in [-0.2, 0) is 11.3 Å². The zero-order valence-electron chi connectivity index (χ0n) is 13.9. The molecular weight excluding hydrogens is 301 g/mol. The van der Waals surface area contributed by atoms with Crippen molar-refractivity contribution in [2.75, 3.05) is 11.9 Å². The summed E-state index contributed by atoms with van der Waals surface area (Å²) in [6.45, 7) is 1.66. The van der Waals surface area contributed by atoms with Gasteiger partial charge in [0.25, 0.3) is 0 Å². The third-order valence-electron chi connectivity index (χ3n) is 5.54. The Hall–Kier alpha value is -1.87. The molecule has 24 heavy (non-hydrogen) atoms. The lowest BCUT2D eigenvalue weighted by atomic mass is 9.77. The zero-order chi connectivity index (χ0) is 16.4. The van der Waals surface area contributed by atoms with Gasteiger partial charge in [-0.1, -0.05) is 36.4 Å². The molecule has 1 fully saturated rings. The lowest BCUT2D eigenvalue weighted by Gasteiger charge is -2.32. The SMILES string of the molecule is Fc1ccc2c(c1)NC[C@H]2C1CCC(OCc2ccccc2)CC1. The van der Waals surface area contributed by atoms with Crippen molar-refractivity contribution >= 4 is 5.69 Å². The van der Waals surface area contributed by atoms with Crippen LogP contribution in [0.25, 0.3) is 0 Å². The summed E-state index contributed by atoms with van der Waals surface area (Å²) < 4.78 is 19.5. The van der Waals surface area contributed by atoms with E-state index in [-0.39, 0.29) is 5.82 Å². The van der Waals surface area contributed by atoms with Crippen LogP contribution in [0.15, 0.2) is 48.5 Å². The van der Waals surface area contributed by atoms with Crippen LogP contribution in [0.4, 0.5) is 10.1 Å². The van der Waals surface area contributed by atoms with Gasteiger partial charge in [0.2, 0.25) is 0 Å². The van der Waals surface area contributed by atoms with E-state index in [1.165, 1.54) is 24.0 Å². The molecule has 3 heteroatoms. The predicted octanol–water partition coefficient (Wildman–Crippen LogP) is 5.11. The van der Waals surface area contributed by atoms with Crippen molar-refractivity contribution in [1.29, 1.82) is 0 Å². The smallest absolute Gasteiger partial charge is 0.125 e. The summed E-state index contributed by atoms with van der Waals surface area (Å²) in [5.74, 6) is 1.05. The summed E-state index contributed by atoms with van der Waals surface area (Å²) in [5.41, 5.74) is 3.53. The minimum Gasteiger partial charge on any atom is -0.384 e. The highest BCUT2D eigenvalue weighted by Gasteiger charge is 2.33. The first-order valence-corrected chi connectivity index (χ1v) is 8.98. The molecule has 0 saturated heterocycles. The second-order valence-corrected chi connectivity index (χ2v) is 7.05.